The monoisotopic (exact) mass is 481 g/mol. The quantitative estimate of drug-likeness (QED) is 0.185. The lowest BCUT2D eigenvalue weighted by atomic mass is 9.95. The number of amides is 1. The van der Waals surface area contributed by atoms with Gasteiger partial charge >= 0.3 is 0 Å². The van der Waals surface area contributed by atoms with Crippen molar-refractivity contribution in [3.63, 3.8) is 0 Å². The van der Waals surface area contributed by atoms with Gasteiger partial charge in [-0.3, -0.25) is 9.59 Å². The molecule has 1 fully saturated rings. The Balaban J connectivity index is 2.05. The Bertz CT molecular complexity index is 1030. The number of aliphatic hydroxyl groups is 1. The summed E-state index contributed by atoms with van der Waals surface area (Å²) in [5.74, 6) is -0.371. The Morgan fingerprint density at radius 1 is 0.943 bits per heavy atom. The van der Waals surface area contributed by atoms with Crippen LogP contribution in [0.4, 0.5) is 0 Å². The van der Waals surface area contributed by atoms with Crippen molar-refractivity contribution in [2.45, 2.75) is 45.6 Å². The third-order valence-corrected chi connectivity index (χ3v) is 5.92. The van der Waals surface area contributed by atoms with Crippen molar-refractivity contribution >= 4 is 17.4 Å². The van der Waals surface area contributed by atoms with Crippen molar-refractivity contribution in [3.8, 4) is 11.5 Å². The van der Waals surface area contributed by atoms with Crippen molar-refractivity contribution < 1.29 is 28.9 Å². The van der Waals surface area contributed by atoms with Gasteiger partial charge in [0, 0.05) is 25.8 Å². The zero-order valence-corrected chi connectivity index (χ0v) is 20.8. The average Bonchev–Trinajstić information content (AvgIpc) is 3.13. The summed E-state index contributed by atoms with van der Waals surface area (Å²) in [7, 11) is 1.59. The maximum Gasteiger partial charge on any atom is 0.295 e. The molecule has 3 rings (SSSR count). The molecule has 0 bridgehead atoms. The first kappa shape index (κ1) is 26.3. The van der Waals surface area contributed by atoms with Crippen LogP contribution in [0, 0.1) is 0 Å². The highest BCUT2D eigenvalue weighted by atomic mass is 16.5. The van der Waals surface area contributed by atoms with Crippen LogP contribution in [-0.4, -0.2) is 55.2 Å². The zero-order valence-electron chi connectivity index (χ0n) is 20.8. The number of carbonyl (C=O) groups is 2. The molecular formula is C28H35NO6. The average molecular weight is 482 g/mol. The Hall–Kier alpha value is -3.32. The van der Waals surface area contributed by atoms with Gasteiger partial charge in [0.05, 0.1) is 24.8 Å². The van der Waals surface area contributed by atoms with Crippen molar-refractivity contribution in [1.82, 2.24) is 4.90 Å². The smallest absolute Gasteiger partial charge is 0.295 e. The summed E-state index contributed by atoms with van der Waals surface area (Å²) < 4.78 is 17.0. The molecule has 2 aromatic carbocycles. The van der Waals surface area contributed by atoms with Crippen LogP contribution in [0.2, 0.25) is 0 Å². The maximum absolute atomic E-state index is 13.1. The number of benzene rings is 2. The number of methoxy groups -OCH3 is 1. The standard InChI is InChI=1S/C28H35NO6/c1-4-6-10-18-35-22-15-14-21(19-23(22)34-5-2)25-24(26(30)20-12-8-7-9-13-20)27(31)28(32)29(25)16-11-17-33-3/h7-9,12-15,19,25,30H,4-6,10-11,16-18H2,1-3H3. The number of carbonyl (C=O) groups excluding carboxylic acids is 2. The van der Waals surface area contributed by atoms with Crippen LogP contribution >= 0.6 is 0 Å². The predicted molar refractivity (Wildman–Crippen MR) is 135 cm³/mol. The summed E-state index contributed by atoms with van der Waals surface area (Å²) in [6.07, 6.45) is 3.68. The van der Waals surface area contributed by atoms with Crippen molar-refractivity contribution in [3.05, 3.63) is 65.2 Å². The molecule has 35 heavy (non-hydrogen) atoms. The van der Waals surface area contributed by atoms with E-state index in [1.807, 2.05) is 25.1 Å². The van der Waals surface area contributed by atoms with E-state index in [2.05, 4.69) is 6.92 Å². The summed E-state index contributed by atoms with van der Waals surface area (Å²) in [6, 6.07) is 13.5. The van der Waals surface area contributed by atoms with E-state index >= 15 is 0 Å². The van der Waals surface area contributed by atoms with E-state index in [0.717, 1.165) is 19.3 Å². The second kappa shape index (κ2) is 13.0. The first-order valence-electron chi connectivity index (χ1n) is 12.3. The van der Waals surface area contributed by atoms with Crippen LogP contribution in [0.25, 0.3) is 5.76 Å². The Kier molecular flexibility index (Phi) is 9.73. The number of ether oxygens (including phenoxy) is 3. The fraction of sp³-hybridized carbons (Fsp3) is 0.429. The van der Waals surface area contributed by atoms with Gasteiger partial charge in [0.25, 0.3) is 11.7 Å². The number of hydrogen-bond donors (Lipinski definition) is 1. The number of likely N-dealkylation sites (tertiary alicyclic amines) is 1. The minimum absolute atomic E-state index is 0.0673. The molecule has 0 saturated carbocycles. The maximum atomic E-state index is 13.1. The molecule has 7 nitrogen and oxygen atoms in total. The summed E-state index contributed by atoms with van der Waals surface area (Å²) in [5.41, 5.74) is 1.22. The SMILES string of the molecule is CCCCCOc1ccc(C2C(=C(O)c3ccccc3)C(=O)C(=O)N2CCCOC)cc1OCC. The van der Waals surface area contributed by atoms with E-state index in [0.29, 0.717) is 55.4 Å². The van der Waals surface area contributed by atoms with E-state index in [9.17, 15) is 14.7 Å². The number of unbranched alkanes of at least 4 members (excludes halogenated alkanes) is 2. The number of Topliss-reactive ketones (excluding diaryl/α,β-unsaturated/α-hetero) is 1. The van der Waals surface area contributed by atoms with Crippen molar-refractivity contribution in [2.75, 3.05) is 33.5 Å². The molecule has 1 saturated heterocycles. The summed E-state index contributed by atoms with van der Waals surface area (Å²) in [5, 5.41) is 11.1. The molecule has 0 aromatic heterocycles. The van der Waals surface area contributed by atoms with Crippen LogP contribution in [0.1, 0.15) is 56.7 Å². The molecule has 1 aliphatic heterocycles. The number of hydrogen-bond acceptors (Lipinski definition) is 6. The van der Waals surface area contributed by atoms with Gasteiger partial charge in [-0.15, -0.1) is 0 Å². The fourth-order valence-corrected chi connectivity index (χ4v) is 4.20. The van der Waals surface area contributed by atoms with Crippen molar-refractivity contribution in [2.24, 2.45) is 0 Å². The predicted octanol–water partition coefficient (Wildman–Crippen LogP) is 5.11. The largest absolute Gasteiger partial charge is 0.507 e. The van der Waals surface area contributed by atoms with Crippen molar-refractivity contribution in [1.29, 1.82) is 0 Å². The van der Waals surface area contributed by atoms with Gasteiger partial charge in [-0.05, 0) is 37.5 Å². The summed E-state index contributed by atoms with van der Waals surface area (Å²) in [4.78, 5) is 27.7. The van der Waals surface area contributed by atoms with Gasteiger partial charge in [0.15, 0.2) is 11.5 Å². The summed E-state index contributed by atoms with van der Waals surface area (Å²) >= 11 is 0. The number of nitrogens with zero attached hydrogens (tertiary/aromatic N) is 1. The lowest BCUT2D eigenvalue weighted by Gasteiger charge is -2.26. The highest BCUT2D eigenvalue weighted by Gasteiger charge is 2.46. The second-order valence-electron chi connectivity index (χ2n) is 8.40. The Labute approximate surface area is 207 Å². The van der Waals surface area contributed by atoms with E-state index in [-0.39, 0.29) is 11.3 Å². The molecule has 1 amide bonds. The van der Waals surface area contributed by atoms with Gasteiger partial charge in [-0.2, -0.15) is 0 Å². The van der Waals surface area contributed by atoms with Crippen LogP contribution < -0.4 is 9.47 Å². The summed E-state index contributed by atoms with van der Waals surface area (Å²) in [6.45, 7) is 5.80. The second-order valence-corrected chi connectivity index (χ2v) is 8.40. The number of ketones is 1. The third-order valence-electron chi connectivity index (χ3n) is 5.92. The first-order valence-corrected chi connectivity index (χ1v) is 12.3. The molecule has 1 atom stereocenters. The third kappa shape index (κ3) is 6.22. The molecule has 1 unspecified atom stereocenters. The fourth-order valence-electron chi connectivity index (χ4n) is 4.20. The molecule has 7 heteroatoms. The van der Waals surface area contributed by atoms with Crippen LogP contribution in [0.5, 0.6) is 11.5 Å². The minimum atomic E-state index is -0.750. The zero-order chi connectivity index (χ0) is 25.2. The highest BCUT2D eigenvalue weighted by Crippen LogP contribution is 2.42. The molecule has 1 heterocycles. The molecule has 0 spiro atoms. The van der Waals surface area contributed by atoms with E-state index in [1.165, 1.54) is 4.90 Å². The molecule has 188 valence electrons. The lowest BCUT2D eigenvalue weighted by molar-refractivity contribution is -0.140. The molecule has 1 N–H and O–H groups in total. The first-order chi connectivity index (χ1) is 17.0. The topological polar surface area (TPSA) is 85.3 Å². The molecular weight excluding hydrogens is 446 g/mol. The number of rotatable bonds is 13. The van der Waals surface area contributed by atoms with E-state index in [1.54, 1.807) is 37.4 Å². The molecule has 0 aliphatic carbocycles. The van der Waals surface area contributed by atoms with Gasteiger partial charge in [0.1, 0.15) is 5.76 Å². The highest BCUT2D eigenvalue weighted by molar-refractivity contribution is 6.46. The lowest BCUT2D eigenvalue weighted by Crippen LogP contribution is -2.31. The molecule has 1 aliphatic rings. The minimum Gasteiger partial charge on any atom is -0.507 e. The molecule has 2 aromatic rings. The van der Waals surface area contributed by atoms with Crippen LogP contribution in [-0.2, 0) is 14.3 Å². The normalized spacial score (nSPS) is 17.1. The van der Waals surface area contributed by atoms with Gasteiger partial charge in [-0.25, -0.2) is 0 Å². The van der Waals surface area contributed by atoms with Gasteiger partial charge in [-0.1, -0.05) is 56.2 Å². The van der Waals surface area contributed by atoms with Gasteiger partial charge < -0.3 is 24.2 Å². The van der Waals surface area contributed by atoms with Gasteiger partial charge in [0.2, 0.25) is 0 Å². The van der Waals surface area contributed by atoms with E-state index < -0.39 is 17.7 Å². The number of aliphatic hydroxyl groups excluding tert-OH is 1. The van der Waals surface area contributed by atoms with Crippen LogP contribution in [0.15, 0.2) is 54.1 Å². The van der Waals surface area contributed by atoms with E-state index in [4.69, 9.17) is 14.2 Å². The van der Waals surface area contributed by atoms with Crippen LogP contribution in [0.3, 0.4) is 0 Å². The Morgan fingerprint density at radius 2 is 1.71 bits per heavy atom. The molecule has 0 radical (unpaired) electrons. The Morgan fingerprint density at radius 3 is 2.40 bits per heavy atom.